The van der Waals surface area contributed by atoms with E-state index in [0.717, 1.165) is 0 Å². The van der Waals surface area contributed by atoms with Crippen molar-refractivity contribution in [3.63, 3.8) is 0 Å². The SMILES string of the molecule is CC(C)(S)CC(=O)Cl. The average molecular weight is 153 g/mol. The van der Waals surface area contributed by atoms with E-state index in [9.17, 15) is 4.79 Å². The van der Waals surface area contributed by atoms with E-state index in [1.54, 1.807) is 0 Å². The normalized spacial score (nSPS) is 11.5. The Morgan fingerprint density at radius 1 is 1.75 bits per heavy atom. The number of hydrogen-bond acceptors (Lipinski definition) is 2. The Labute approximate surface area is 59.8 Å². The molecule has 0 aromatic rings. The minimum Gasteiger partial charge on any atom is -0.281 e. The number of halogens is 1. The van der Waals surface area contributed by atoms with Crippen LogP contribution in [-0.2, 0) is 4.79 Å². The topological polar surface area (TPSA) is 17.1 Å². The van der Waals surface area contributed by atoms with E-state index in [4.69, 9.17) is 11.6 Å². The summed E-state index contributed by atoms with van der Waals surface area (Å²) in [6.07, 6.45) is 0.317. The molecule has 0 fully saturated rings. The lowest BCUT2D eigenvalue weighted by atomic mass is 10.1. The van der Waals surface area contributed by atoms with Gasteiger partial charge in [-0.1, -0.05) is 13.8 Å². The Balaban J connectivity index is 3.55. The Kier molecular flexibility index (Phi) is 2.84. The maximum Gasteiger partial charge on any atom is 0.222 e. The third kappa shape index (κ3) is 6.31. The van der Waals surface area contributed by atoms with Crippen molar-refractivity contribution in [3.05, 3.63) is 0 Å². The maximum absolute atomic E-state index is 10.2. The summed E-state index contributed by atoms with van der Waals surface area (Å²) in [6, 6.07) is 0. The Morgan fingerprint density at radius 2 is 2.12 bits per heavy atom. The lowest BCUT2D eigenvalue weighted by Gasteiger charge is -2.12. The van der Waals surface area contributed by atoms with Gasteiger partial charge in [0.25, 0.3) is 0 Å². The third-order valence-corrected chi connectivity index (χ3v) is 0.863. The second kappa shape index (κ2) is 2.74. The first-order chi connectivity index (χ1) is 3.42. The fourth-order valence-corrected chi connectivity index (χ4v) is 0.911. The highest BCUT2D eigenvalue weighted by Gasteiger charge is 2.14. The molecule has 8 heavy (non-hydrogen) atoms. The summed E-state index contributed by atoms with van der Waals surface area (Å²) in [7, 11) is 0. The molecule has 0 aromatic carbocycles. The maximum atomic E-state index is 10.2. The Morgan fingerprint density at radius 3 is 2.12 bits per heavy atom. The summed E-state index contributed by atoms with van der Waals surface area (Å²) in [5.41, 5.74) is 0. The van der Waals surface area contributed by atoms with Gasteiger partial charge in [0.1, 0.15) is 0 Å². The van der Waals surface area contributed by atoms with Gasteiger partial charge in [0.15, 0.2) is 0 Å². The van der Waals surface area contributed by atoms with Crippen LogP contribution in [0.15, 0.2) is 0 Å². The van der Waals surface area contributed by atoms with Gasteiger partial charge in [-0.05, 0) is 11.6 Å². The highest BCUT2D eigenvalue weighted by Crippen LogP contribution is 2.17. The molecule has 0 bridgehead atoms. The quantitative estimate of drug-likeness (QED) is 0.472. The molecule has 0 amide bonds. The fraction of sp³-hybridized carbons (Fsp3) is 0.800. The van der Waals surface area contributed by atoms with Crippen LogP contribution in [0.4, 0.5) is 0 Å². The van der Waals surface area contributed by atoms with Crippen molar-refractivity contribution >= 4 is 29.5 Å². The zero-order valence-corrected chi connectivity index (χ0v) is 6.59. The fourth-order valence-electron chi connectivity index (χ4n) is 0.340. The van der Waals surface area contributed by atoms with E-state index >= 15 is 0 Å². The largest absolute Gasteiger partial charge is 0.281 e. The van der Waals surface area contributed by atoms with Crippen LogP contribution in [0.2, 0.25) is 0 Å². The molecule has 1 nitrogen and oxygen atoms in total. The molecule has 3 heteroatoms. The van der Waals surface area contributed by atoms with Crippen molar-refractivity contribution in [2.24, 2.45) is 0 Å². The molecule has 0 saturated carbocycles. The van der Waals surface area contributed by atoms with Crippen LogP contribution in [0.5, 0.6) is 0 Å². The second-order valence-electron chi connectivity index (χ2n) is 2.34. The van der Waals surface area contributed by atoms with Crippen LogP contribution >= 0.6 is 24.2 Å². The van der Waals surface area contributed by atoms with E-state index in [2.05, 4.69) is 12.6 Å². The monoisotopic (exact) mass is 152 g/mol. The summed E-state index contributed by atoms with van der Waals surface area (Å²) in [6.45, 7) is 3.69. The van der Waals surface area contributed by atoms with Gasteiger partial charge < -0.3 is 0 Å². The average Bonchev–Trinajstić information content (AvgIpc) is 1.21. The minimum atomic E-state index is -0.329. The molecule has 0 spiro atoms. The molecule has 0 aliphatic heterocycles. The van der Waals surface area contributed by atoms with Crippen LogP contribution in [0, 0.1) is 0 Å². The molecule has 0 saturated heterocycles. The van der Waals surface area contributed by atoms with Crippen molar-refractivity contribution < 1.29 is 4.79 Å². The zero-order chi connectivity index (χ0) is 6.78. The molecule has 0 aliphatic rings. The highest BCUT2D eigenvalue weighted by molar-refractivity contribution is 7.81. The first kappa shape index (κ1) is 8.31. The smallest absolute Gasteiger partial charge is 0.222 e. The van der Waals surface area contributed by atoms with E-state index in [1.807, 2.05) is 13.8 Å². The summed E-state index contributed by atoms with van der Waals surface area (Å²) in [5.74, 6) is 0. The Hall–Kier alpha value is 0.310. The van der Waals surface area contributed by atoms with E-state index in [1.165, 1.54) is 0 Å². The van der Waals surface area contributed by atoms with Crippen LogP contribution in [0.3, 0.4) is 0 Å². The third-order valence-electron chi connectivity index (χ3n) is 0.572. The molecule has 48 valence electrons. The van der Waals surface area contributed by atoms with Gasteiger partial charge in [-0.15, -0.1) is 0 Å². The number of carbonyl (C=O) groups excluding carboxylic acids is 1. The summed E-state index contributed by atoms with van der Waals surface area (Å²) in [5, 5.41) is -0.329. The van der Waals surface area contributed by atoms with E-state index in [0.29, 0.717) is 6.42 Å². The summed E-state index contributed by atoms with van der Waals surface area (Å²) >= 11 is 9.16. The van der Waals surface area contributed by atoms with Gasteiger partial charge in [-0.25, -0.2) is 0 Å². The van der Waals surface area contributed by atoms with Gasteiger partial charge in [-0.2, -0.15) is 12.6 Å². The van der Waals surface area contributed by atoms with E-state index in [-0.39, 0.29) is 9.99 Å². The van der Waals surface area contributed by atoms with Gasteiger partial charge >= 0.3 is 0 Å². The highest BCUT2D eigenvalue weighted by atomic mass is 35.5. The molecular formula is C5H9ClOS. The van der Waals surface area contributed by atoms with Crippen molar-refractivity contribution in [2.45, 2.75) is 25.0 Å². The first-order valence-corrected chi connectivity index (χ1v) is 3.15. The van der Waals surface area contributed by atoms with Crippen molar-refractivity contribution in [2.75, 3.05) is 0 Å². The molecular weight excluding hydrogens is 144 g/mol. The van der Waals surface area contributed by atoms with Gasteiger partial charge in [0.05, 0.1) is 0 Å². The van der Waals surface area contributed by atoms with Crippen LogP contribution in [0.25, 0.3) is 0 Å². The molecule has 0 heterocycles. The lowest BCUT2D eigenvalue weighted by molar-refractivity contribution is -0.112. The number of thiol groups is 1. The van der Waals surface area contributed by atoms with Gasteiger partial charge in [0.2, 0.25) is 5.24 Å². The Bertz CT molecular complexity index is 95.1. The lowest BCUT2D eigenvalue weighted by Crippen LogP contribution is -2.13. The minimum absolute atomic E-state index is 0.265. The summed E-state index contributed by atoms with van der Waals surface area (Å²) in [4.78, 5) is 10.2. The van der Waals surface area contributed by atoms with E-state index < -0.39 is 0 Å². The van der Waals surface area contributed by atoms with Crippen LogP contribution in [-0.4, -0.2) is 9.99 Å². The number of rotatable bonds is 2. The van der Waals surface area contributed by atoms with Crippen LogP contribution < -0.4 is 0 Å². The zero-order valence-electron chi connectivity index (χ0n) is 4.94. The number of hydrogen-bond donors (Lipinski definition) is 1. The van der Waals surface area contributed by atoms with Gasteiger partial charge in [0, 0.05) is 11.2 Å². The van der Waals surface area contributed by atoms with Crippen molar-refractivity contribution in [3.8, 4) is 0 Å². The summed E-state index contributed by atoms with van der Waals surface area (Å²) < 4.78 is -0.265. The van der Waals surface area contributed by atoms with Crippen molar-refractivity contribution in [1.82, 2.24) is 0 Å². The standard InChI is InChI=1S/C5H9ClOS/c1-5(2,8)3-4(6)7/h8H,3H2,1-2H3. The molecule has 0 aromatic heterocycles. The molecule has 0 unspecified atom stereocenters. The first-order valence-electron chi connectivity index (χ1n) is 2.32. The number of carbonyl (C=O) groups is 1. The molecule has 0 radical (unpaired) electrons. The predicted molar refractivity (Wildman–Crippen MR) is 38.5 cm³/mol. The molecule has 0 atom stereocenters. The van der Waals surface area contributed by atoms with Crippen molar-refractivity contribution in [1.29, 1.82) is 0 Å². The van der Waals surface area contributed by atoms with Gasteiger partial charge in [-0.3, -0.25) is 4.79 Å². The molecule has 0 rings (SSSR count). The van der Waals surface area contributed by atoms with Crippen LogP contribution in [0.1, 0.15) is 20.3 Å². The second-order valence-corrected chi connectivity index (χ2v) is 3.98. The molecule has 0 N–H and O–H groups in total. The molecule has 0 aliphatic carbocycles. The predicted octanol–water partition coefficient (Wildman–Crippen LogP) is 1.85.